The first-order chi connectivity index (χ1) is 10.3. The largest absolute Gasteiger partial charge is 0.480 e. The van der Waals surface area contributed by atoms with Crippen molar-refractivity contribution in [2.75, 3.05) is 19.8 Å². The first kappa shape index (κ1) is 14.5. The van der Waals surface area contributed by atoms with E-state index in [0.29, 0.717) is 25.2 Å². The lowest BCUT2D eigenvalue weighted by Gasteiger charge is -2.44. The van der Waals surface area contributed by atoms with Gasteiger partial charge in [0.2, 0.25) is 0 Å². The number of nitrogens with zero attached hydrogens (tertiary/aromatic N) is 1. The topological polar surface area (TPSA) is 49.8 Å². The molecule has 114 valence electrons. The fourth-order valence-electron chi connectivity index (χ4n) is 3.82. The summed E-state index contributed by atoms with van der Waals surface area (Å²) in [5, 5.41) is 9.47. The van der Waals surface area contributed by atoms with Gasteiger partial charge in [0.05, 0.1) is 13.2 Å². The average Bonchev–Trinajstić information content (AvgIpc) is 2.55. The van der Waals surface area contributed by atoms with Gasteiger partial charge in [0.25, 0.3) is 0 Å². The number of carbonyl (C=O) groups is 1. The molecule has 2 fully saturated rings. The van der Waals surface area contributed by atoms with Gasteiger partial charge in [-0.05, 0) is 24.3 Å². The van der Waals surface area contributed by atoms with Crippen molar-refractivity contribution in [3.63, 3.8) is 0 Å². The van der Waals surface area contributed by atoms with E-state index in [9.17, 15) is 9.90 Å². The Balaban J connectivity index is 1.84. The maximum absolute atomic E-state index is 11.5. The molecule has 1 N–H and O–H groups in total. The van der Waals surface area contributed by atoms with Crippen LogP contribution in [0.2, 0.25) is 0 Å². The third-order valence-corrected chi connectivity index (χ3v) is 4.84. The van der Waals surface area contributed by atoms with Crippen molar-refractivity contribution in [3.05, 3.63) is 35.9 Å². The van der Waals surface area contributed by atoms with E-state index >= 15 is 0 Å². The zero-order valence-corrected chi connectivity index (χ0v) is 12.3. The van der Waals surface area contributed by atoms with Crippen molar-refractivity contribution < 1.29 is 14.6 Å². The van der Waals surface area contributed by atoms with Crippen molar-refractivity contribution in [2.24, 2.45) is 0 Å². The van der Waals surface area contributed by atoms with Crippen LogP contribution < -0.4 is 0 Å². The number of aliphatic carboxylic acids is 1. The van der Waals surface area contributed by atoms with Crippen LogP contribution in [0.15, 0.2) is 30.3 Å². The Morgan fingerprint density at radius 2 is 1.95 bits per heavy atom. The summed E-state index contributed by atoms with van der Waals surface area (Å²) in [4.78, 5) is 13.7. The molecular formula is C17H23NO3. The number of carboxylic acids is 1. The zero-order valence-electron chi connectivity index (χ0n) is 12.3. The Morgan fingerprint density at radius 3 is 2.71 bits per heavy atom. The van der Waals surface area contributed by atoms with E-state index in [4.69, 9.17) is 4.74 Å². The average molecular weight is 289 g/mol. The Labute approximate surface area is 125 Å². The molecule has 3 rings (SSSR count). The van der Waals surface area contributed by atoms with Crippen molar-refractivity contribution in [3.8, 4) is 0 Å². The van der Waals surface area contributed by atoms with Crippen molar-refractivity contribution in [1.29, 1.82) is 0 Å². The summed E-state index contributed by atoms with van der Waals surface area (Å²) >= 11 is 0. The summed E-state index contributed by atoms with van der Waals surface area (Å²) in [6.07, 6.45) is 4.66. The lowest BCUT2D eigenvalue weighted by Crippen LogP contribution is -2.56. The molecule has 4 nitrogen and oxygen atoms in total. The van der Waals surface area contributed by atoms with Gasteiger partial charge in [-0.25, -0.2) is 0 Å². The summed E-state index contributed by atoms with van der Waals surface area (Å²) < 4.78 is 5.38. The predicted molar refractivity (Wildman–Crippen MR) is 80.4 cm³/mol. The molecule has 0 spiro atoms. The Kier molecular flexibility index (Phi) is 4.56. The predicted octanol–water partition coefficient (Wildman–Crippen LogP) is 2.50. The molecule has 3 atom stereocenters. The normalized spacial score (nSPS) is 31.0. The molecule has 1 aromatic rings. The van der Waals surface area contributed by atoms with Crippen LogP contribution in [0, 0.1) is 0 Å². The molecule has 1 aromatic carbocycles. The van der Waals surface area contributed by atoms with Crippen molar-refractivity contribution >= 4 is 5.97 Å². The van der Waals surface area contributed by atoms with Gasteiger partial charge in [-0.1, -0.05) is 43.2 Å². The van der Waals surface area contributed by atoms with Crippen LogP contribution in [0.3, 0.4) is 0 Å². The van der Waals surface area contributed by atoms with E-state index in [0.717, 1.165) is 19.4 Å². The van der Waals surface area contributed by atoms with Crippen molar-refractivity contribution in [2.45, 2.75) is 43.7 Å². The molecule has 0 aromatic heterocycles. The summed E-state index contributed by atoms with van der Waals surface area (Å²) in [7, 11) is 0. The van der Waals surface area contributed by atoms with Gasteiger partial charge < -0.3 is 9.84 Å². The number of hydrogen-bond donors (Lipinski definition) is 1. The molecule has 4 heteroatoms. The van der Waals surface area contributed by atoms with E-state index in [1.165, 1.54) is 18.4 Å². The van der Waals surface area contributed by atoms with Crippen LogP contribution in [0.4, 0.5) is 0 Å². The highest BCUT2D eigenvalue weighted by Crippen LogP contribution is 2.37. The quantitative estimate of drug-likeness (QED) is 0.929. The summed E-state index contributed by atoms with van der Waals surface area (Å²) in [6.45, 7) is 1.68. The Hall–Kier alpha value is -1.39. The lowest BCUT2D eigenvalue weighted by molar-refractivity contribution is -0.152. The SMILES string of the molecule is O=C(O)C1COCCN1C1CCCCC1c1ccccc1. The molecule has 3 unspecified atom stereocenters. The van der Waals surface area contributed by atoms with Crippen LogP contribution in [0.25, 0.3) is 0 Å². The minimum atomic E-state index is -0.757. The second-order valence-corrected chi connectivity index (χ2v) is 6.04. The molecule has 2 aliphatic rings. The number of ether oxygens (including phenoxy) is 1. The smallest absolute Gasteiger partial charge is 0.323 e. The van der Waals surface area contributed by atoms with E-state index in [2.05, 4.69) is 29.2 Å². The van der Waals surface area contributed by atoms with Gasteiger partial charge in [0, 0.05) is 12.6 Å². The molecular weight excluding hydrogens is 266 g/mol. The maximum Gasteiger partial charge on any atom is 0.323 e. The molecule has 1 aliphatic carbocycles. The highest BCUT2D eigenvalue weighted by atomic mass is 16.5. The van der Waals surface area contributed by atoms with Gasteiger partial charge in [-0.3, -0.25) is 9.69 Å². The van der Waals surface area contributed by atoms with E-state index in [1.54, 1.807) is 0 Å². The summed E-state index contributed by atoms with van der Waals surface area (Å²) in [5.41, 5.74) is 1.35. The second-order valence-electron chi connectivity index (χ2n) is 6.04. The number of benzene rings is 1. The Morgan fingerprint density at radius 1 is 1.19 bits per heavy atom. The van der Waals surface area contributed by atoms with Crippen LogP contribution in [0.1, 0.15) is 37.2 Å². The van der Waals surface area contributed by atoms with E-state index in [1.807, 2.05) is 6.07 Å². The third-order valence-electron chi connectivity index (χ3n) is 4.84. The molecule has 1 aliphatic heterocycles. The first-order valence-corrected chi connectivity index (χ1v) is 7.88. The van der Waals surface area contributed by atoms with Gasteiger partial charge >= 0.3 is 5.97 Å². The standard InChI is InChI=1S/C17H23NO3/c19-17(20)16-12-21-11-10-18(16)15-9-5-4-8-14(15)13-6-2-1-3-7-13/h1-3,6-7,14-16H,4-5,8-12H2,(H,19,20). The molecule has 21 heavy (non-hydrogen) atoms. The van der Waals surface area contributed by atoms with Gasteiger partial charge in [-0.15, -0.1) is 0 Å². The number of hydrogen-bond acceptors (Lipinski definition) is 3. The number of morpholine rings is 1. The molecule has 1 saturated carbocycles. The lowest BCUT2D eigenvalue weighted by atomic mass is 9.78. The highest BCUT2D eigenvalue weighted by Gasteiger charge is 2.39. The minimum absolute atomic E-state index is 0.313. The van der Waals surface area contributed by atoms with Gasteiger partial charge in [0.15, 0.2) is 0 Å². The van der Waals surface area contributed by atoms with Crippen molar-refractivity contribution in [1.82, 2.24) is 4.90 Å². The first-order valence-electron chi connectivity index (χ1n) is 7.88. The summed E-state index contributed by atoms with van der Waals surface area (Å²) in [6, 6.07) is 10.4. The highest BCUT2D eigenvalue weighted by molar-refractivity contribution is 5.73. The maximum atomic E-state index is 11.5. The van der Waals surface area contributed by atoms with E-state index in [-0.39, 0.29) is 0 Å². The monoisotopic (exact) mass is 289 g/mol. The number of carboxylic acid groups (broad SMARTS) is 1. The fourth-order valence-corrected chi connectivity index (χ4v) is 3.82. The van der Waals surface area contributed by atoms with Crippen LogP contribution in [-0.2, 0) is 9.53 Å². The molecule has 0 bridgehead atoms. The molecule has 1 heterocycles. The fraction of sp³-hybridized carbons (Fsp3) is 0.588. The van der Waals surface area contributed by atoms with Crippen LogP contribution in [0.5, 0.6) is 0 Å². The van der Waals surface area contributed by atoms with Crippen LogP contribution >= 0.6 is 0 Å². The summed E-state index contributed by atoms with van der Waals surface area (Å²) in [5.74, 6) is -0.313. The van der Waals surface area contributed by atoms with Gasteiger partial charge in [-0.2, -0.15) is 0 Å². The third kappa shape index (κ3) is 3.11. The minimum Gasteiger partial charge on any atom is -0.480 e. The zero-order chi connectivity index (χ0) is 14.7. The molecule has 1 saturated heterocycles. The Bertz CT molecular complexity index is 476. The second kappa shape index (κ2) is 6.58. The molecule has 0 radical (unpaired) electrons. The molecule has 0 amide bonds. The van der Waals surface area contributed by atoms with Gasteiger partial charge in [0.1, 0.15) is 6.04 Å². The van der Waals surface area contributed by atoms with Crippen LogP contribution in [-0.4, -0.2) is 47.8 Å². The van der Waals surface area contributed by atoms with E-state index < -0.39 is 12.0 Å². The number of rotatable bonds is 3.